The summed E-state index contributed by atoms with van der Waals surface area (Å²) in [6, 6.07) is 9.07. The quantitative estimate of drug-likeness (QED) is 0.789. The fourth-order valence-electron chi connectivity index (χ4n) is 1.95. The lowest BCUT2D eigenvalue weighted by atomic mass is 10.3. The maximum atomic E-state index is 12.4. The molecule has 6 nitrogen and oxygen atoms in total. The minimum Gasteiger partial charge on any atom is -0.495 e. The topological polar surface area (TPSA) is 81.4 Å². The monoisotopic (exact) mass is 338 g/mol. The van der Waals surface area contributed by atoms with Gasteiger partial charge in [-0.05, 0) is 30.3 Å². The second-order valence-electron chi connectivity index (χ2n) is 4.44. The van der Waals surface area contributed by atoms with Crippen LogP contribution in [0.5, 0.6) is 5.75 Å². The van der Waals surface area contributed by atoms with Crippen LogP contribution < -0.4 is 9.46 Å². The van der Waals surface area contributed by atoms with Gasteiger partial charge in [0.15, 0.2) is 12.0 Å². The van der Waals surface area contributed by atoms with Gasteiger partial charge in [-0.2, -0.15) is 0 Å². The first kappa shape index (κ1) is 14.7. The molecule has 3 aromatic rings. The van der Waals surface area contributed by atoms with Crippen molar-refractivity contribution in [2.24, 2.45) is 0 Å². The number of hydrogen-bond acceptors (Lipinski definition) is 5. The highest BCUT2D eigenvalue weighted by molar-refractivity contribution is 7.92. The van der Waals surface area contributed by atoms with Gasteiger partial charge in [0.05, 0.1) is 22.7 Å². The van der Waals surface area contributed by atoms with E-state index >= 15 is 0 Å². The number of nitrogens with one attached hydrogen (secondary N) is 1. The van der Waals surface area contributed by atoms with Gasteiger partial charge < -0.3 is 9.15 Å². The molecule has 0 aliphatic heterocycles. The molecule has 1 aromatic heterocycles. The number of fused-ring (bicyclic) bond motifs is 1. The number of aromatic nitrogens is 1. The molecule has 0 spiro atoms. The number of hydrogen-bond donors (Lipinski definition) is 1. The molecular weight excluding hydrogens is 328 g/mol. The zero-order chi connectivity index (χ0) is 15.7. The molecule has 114 valence electrons. The van der Waals surface area contributed by atoms with Gasteiger partial charge in [-0.3, -0.25) is 4.72 Å². The van der Waals surface area contributed by atoms with Crippen LogP contribution in [0, 0.1) is 0 Å². The molecule has 0 bridgehead atoms. The van der Waals surface area contributed by atoms with E-state index in [1.54, 1.807) is 18.2 Å². The van der Waals surface area contributed by atoms with Crippen LogP contribution in [0.1, 0.15) is 0 Å². The minimum atomic E-state index is -3.76. The normalized spacial score (nSPS) is 11.5. The van der Waals surface area contributed by atoms with Crippen LogP contribution in [0.2, 0.25) is 5.02 Å². The minimum absolute atomic E-state index is 0.0379. The molecule has 0 unspecified atom stereocenters. The van der Waals surface area contributed by atoms with E-state index in [1.807, 2.05) is 0 Å². The molecule has 8 heteroatoms. The summed E-state index contributed by atoms with van der Waals surface area (Å²) in [5.74, 6) is 0.406. The van der Waals surface area contributed by atoms with E-state index < -0.39 is 10.0 Å². The maximum Gasteiger partial charge on any atom is 0.261 e. The van der Waals surface area contributed by atoms with Crippen molar-refractivity contribution >= 4 is 38.4 Å². The predicted octanol–water partition coefficient (Wildman–Crippen LogP) is 3.29. The van der Waals surface area contributed by atoms with Crippen LogP contribution in [0.15, 0.2) is 52.1 Å². The van der Waals surface area contributed by atoms with Gasteiger partial charge in [0, 0.05) is 6.07 Å². The van der Waals surface area contributed by atoms with Gasteiger partial charge in [-0.15, -0.1) is 0 Å². The van der Waals surface area contributed by atoms with E-state index in [0.717, 1.165) is 0 Å². The van der Waals surface area contributed by atoms with Gasteiger partial charge in [0.2, 0.25) is 0 Å². The SMILES string of the molecule is COc1ccc(S(=O)(=O)Nc2ccc3ncoc3c2)cc1Cl. The van der Waals surface area contributed by atoms with E-state index in [1.165, 1.54) is 31.7 Å². The number of anilines is 1. The first-order valence-electron chi connectivity index (χ1n) is 6.19. The highest BCUT2D eigenvalue weighted by Gasteiger charge is 2.16. The van der Waals surface area contributed by atoms with Crippen LogP contribution in [0.4, 0.5) is 5.69 Å². The highest BCUT2D eigenvalue weighted by atomic mass is 35.5. The third kappa shape index (κ3) is 2.72. The summed E-state index contributed by atoms with van der Waals surface area (Å²) in [6.45, 7) is 0. The Morgan fingerprint density at radius 1 is 1.23 bits per heavy atom. The maximum absolute atomic E-state index is 12.4. The summed E-state index contributed by atoms with van der Waals surface area (Å²) in [5, 5.41) is 0.219. The Morgan fingerprint density at radius 2 is 2.05 bits per heavy atom. The van der Waals surface area contributed by atoms with Crippen LogP contribution in [0.3, 0.4) is 0 Å². The van der Waals surface area contributed by atoms with Crippen LogP contribution in [-0.2, 0) is 10.0 Å². The van der Waals surface area contributed by atoms with E-state index in [0.29, 0.717) is 22.5 Å². The van der Waals surface area contributed by atoms with E-state index in [9.17, 15) is 8.42 Å². The number of oxazole rings is 1. The number of ether oxygens (including phenoxy) is 1. The summed E-state index contributed by atoms with van der Waals surface area (Å²) in [4.78, 5) is 4.01. The number of nitrogens with zero attached hydrogens (tertiary/aromatic N) is 1. The zero-order valence-corrected chi connectivity index (χ0v) is 13.0. The summed E-state index contributed by atoms with van der Waals surface area (Å²) >= 11 is 5.96. The lowest BCUT2D eigenvalue weighted by Crippen LogP contribution is -2.12. The van der Waals surface area contributed by atoms with Crippen LogP contribution in [0.25, 0.3) is 11.1 Å². The molecule has 0 aliphatic rings. The second-order valence-corrected chi connectivity index (χ2v) is 6.53. The highest BCUT2D eigenvalue weighted by Crippen LogP contribution is 2.28. The third-order valence-electron chi connectivity index (χ3n) is 3.02. The lowest BCUT2D eigenvalue weighted by Gasteiger charge is -2.09. The molecule has 2 aromatic carbocycles. The first-order chi connectivity index (χ1) is 10.5. The molecule has 1 N–H and O–H groups in total. The molecule has 0 saturated heterocycles. The smallest absolute Gasteiger partial charge is 0.261 e. The third-order valence-corrected chi connectivity index (χ3v) is 4.69. The second kappa shape index (κ2) is 5.51. The van der Waals surface area contributed by atoms with Crippen molar-refractivity contribution in [3.05, 3.63) is 47.8 Å². The van der Waals surface area contributed by atoms with Crippen LogP contribution >= 0.6 is 11.6 Å². The lowest BCUT2D eigenvalue weighted by molar-refractivity contribution is 0.414. The fourth-order valence-corrected chi connectivity index (χ4v) is 3.34. The molecule has 1 heterocycles. The van der Waals surface area contributed by atoms with Gasteiger partial charge in [-0.1, -0.05) is 11.6 Å². The van der Waals surface area contributed by atoms with Crippen molar-refractivity contribution in [2.45, 2.75) is 4.90 Å². The van der Waals surface area contributed by atoms with E-state index in [4.69, 9.17) is 20.8 Å². The molecule has 0 saturated carbocycles. The number of halogens is 1. The van der Waals surface area contributed by atoms with Crippen molar-refractivity contribution in [3.63, 3.8) is 0 Å². The fraction of sp³-hybridized carbons (Fsp3) is 0.0714. The Hall–Kier alpha value is -2.25. The number of rotatable bonds is 4. The molecule has 0 atom stereocenters. The zero-order valence-electron chi connectivity index (χ0n) is 11.4. The molecule has 0 radical (unpaired) electrons. The summed E-state index contributed by atoms with van der Waals surface area (Å²) < 4.78 is 37.4. The summed E-state index contributed by atoms with van der Waals surface area (Å²) in [7, 11) is -2.31. The summed E-state index contributed by atoms with van der Waals surface area (Å²) in [5.41, 5.74) is 1.51. The Labute approximate surface area is 131 Å². The van der Waals surface area contributed by atoms with Crippen molar-refractivity contribution in [2.75, 3.05) is 11.8 Å². The molecule has 0 aliphatic carbocycles. The van der Waals surface area contributed by atoms with Gasteiger partial charge >= 0.3 is 0 Å². The Bertz CT molecular complexity index is 937. The van der Waals surface area contributed by atoms with Crippen molar-refractivity contribution in [1.82, 2.24) is 4.98 Å². The Kier molecular flexibility index (Phi) is 3.67. The number of benzene rings is 2. The molecule has 0 amide bonds. The molecule has 0 fully saturated rings. The van der Waals surface area contributed by atoms with Crippen molar-refractivity contribution < 1.29 is 17.6 Å². The van der Waals surface area contributed by atoms with Gasteiger partial charge in [-0.25, -0.2) is 13.4 Å². The number of methoxy groups -OCH3 is 1. The number of sulfonamides is 1. The van der Waals surface area contributed by atoms with Gasteiger partial charge in [0.1, 0.15) is 11.3 Å². The van der Waals surface area contributed by atoms with Gasteiger partial charge in [0.25, 0.3) is 10.0 Å². The predicted molar refractivity (Wildman–Crippen MR) is 82.8 cm³/mol. The average molecular weight is 339 g/mol. The first-order valence-corrected chi connectivity index (χ1v) is 8.05. The summed E-state index contributed by atoms with van der Waals surface area (Å²) in [6.07, 6.45) is 1.30. The molecular formula is C14H11ClN2O4S. The molecule has 22 heavy (non-hydrogen) atoms. The molecule has 3 rings (SSSR count). The van der Waals surface area contributed by atoms with E-state index in [-0.39, 0.29) is 9.92 Å². The van der Waals surface area contributed by atoms with Crippen LogP contribution in [-0.4, -0.2) is 20.5 Å². The Balaban J connectivity index is 1.93. The van der Waals surface area contributed by atoms with Crippen molar-refractivity contribution in [1.29, 1.82) is 0 Å². The Morgan fingerprint density at radius 3 is 2.77 bits per heavy atom. The van der Waals surface area contributed by atoms with E-state index in [2.05, 4.69) is 9.71 Å². The van der Waals surface area contributed by atoms with Crippen molar-refractivity contribution in [3.8, 4) is 5.75 Å². The average Bonchev–Trinajstić information content (AvgIpc) is 2.94. The standard InChI is InChI=1S/C14H11ClN2O4S/c1-20-13-5-3-10(7-11(13)15)22(18,19)17-9-2-4-12-14(6-9)21-8-16-12/h2-8,17H,1H3. The largest absolute Gasteiger partial charge is 0.495 e.